The summed E-state index contributed by atoms with van der Waals surface area (Å²) in [5, 5.41) is 16.8. The Kier molecular flexibility index (Phi) is 6.09. The molecule has 0 radical (unpaired) electrons. The predicted molar refractivity (Wildman–Crippen MR) is 108 cm³/mol. The molecule has 2 N–H and O–H groups in total. The van der Waals surface area contributed by atoms with E-state index in [4.69, 9.17) is 4.74 Å². The number of hydrogen-bond acceptors (Lipinski definition) is 8. The quantitative estimate of drug-likeness (QED) is 0.382. The zero-order valence-electron chi connectivity index (χ0n) is 16.2. The lowest BCUT2D eigenvalue weighted by molar-refractivity contribution is -0.380. The molecule has 2 amide bonds. The molecule has 3 rings (SSSR count). The molecule has 2 aromatic rings. The molecule has 1 aliphatic heterocycles. The Morgan fingerprint density at radius 2 is 2.17 bits per heavy atom. The van der Waals surface area contributed by atoms with Crippen LogP contribution in [0.3, 0.4) is 0 Å². The van der Waals surface area contributed by atoms with E-state index >= 15 is 0 Å². The first kappa shape index (κ1) is 20.7. The van der Waals surface area contributed by atoms with Crippen molar-refractivity contribution < 1.29 is 19.2 Å². The lowest BCUT2D eigenvalue weighted by atomic mass is 10.0. The molecule has 2 atom stereocenters. The van der Waals surface area contributed by atoms with Crippen LogP contribution in [0.1, 0.15) is 42.3 Å². The van der Waals surface area contributed by atoms with E-state index in [1.54, 1.807) is 30.1 Å². The molecular formula is C18H21N5O5S. The van der Waals surface area contributed by atoms with Gasteiger partial charge in [0.25, 0.3) is 5.91 Å². The Morgan fingerprint density at radius 1 is 1.41 bits per heavy atom. The first-order chi connectivity index (χ1) is 13.8. The van der Waals surface area contributed by atoms with Gasteiger partial charge in [-0.15, -0.1) is 0 Å². The fourth-order valence-electron chi connectivity index (χ4n) is 2.88. The first-order valence-corrected chi connectivity index (χ1v) is 9.82. The van der Waals surface area contributed by atoms with Gasteiger partial charge in [0.05, 0.1) is 16.2 Å². The smallest absolute Gasteiger partial charge is 0.345 e. The number of para-hydroxylation sites is 1. The summed E-state index contributed by atoms with van der Waals surface area (Å²) < 4.78 is 5.77. The van der Waals surface area contributed by atoms with E-state index in [2.05, 4.69) is 15.6 Å². The number of benzene rings is 1. The summed E-state index contributed by atoms with van der Waals surface area (Å²) in [6.07, 6.45) is 1.17. The molecule has 0 bridgehead atoms. The fraction of sp³-hybridized carbons (Fsp3) is 0.389. The molecule has 2 heterocycles. The summed E-state index contributed by atoms with van der Waals surface area (Å²) in [5.74, 6) is -0.582. The molecule has 11 heteroatoms. The number of nitro groups is 1. The molecule has 1 fully saturated rings. The van der Waals surface area contributed by atoms with E-state index in [0.29, 0.717) is 28.5 Å². The Bertz CT molecular complexity index is 946. The van der Waals surface area contributed by atoms with Crippen molar-refractivity contribution in [2.75, 3.05) is 23.8 Å². The number of aromatic nitrogens is 1. The highest BCUT2D eigenvalue weighted by Crippen LogP contribution is 2.46. The van der Waals surface area contributed by atoms with Crippen LogP contribution in [0.5, 0.6) is 0 Å². The van der Waals surface area contributed by atoms with Gasteiger partial charge in [0.2, 0.25) is 5.91 Å². The van der Waals surface area contributed by atoms with Gasteiger partial charge in [-0.1, -0.05) is 19.1 Å². The van der Waals surface area contributed by atoms with Gasteiger partial charge in [0.1, 0.15) is 12.3 Å². The maximum absolute atomic E-state index is 12.5. The number of carbonyl (C=O) groups is 2. The van der Waals surface area contributed by atoms with Gasteiger partial charge in [-0.25, -0.2) is 4.98 Å². The second kappa shape index (κ2) is 8.53. The van der Waals surface area contributed by atoms with Gasteiger partial charge in [0, 0.05) is 26.1 Å². The SMILES string of the molecule is CCCNC(=O)c1cccc(C2OC2N(C)c2ncc([N+](=O)[O-])s2)c1NC(C)=O. The Hall–Kier alpha value is -3.05. The number of anilines is 2. The highest BCUT2D eigenvalue weighted by Gasteiger charge is 2.46. The summed E-state index contributed by atoms with van der Waals surface area (Å²) >= 11 is 0.949. The summed E-state index contributed by atoms with van der Waals surface area (Å²) in [4.78, 5) is 40.4. The number of nitrogens with one attached hydrogen (secondary N) is 2. The summed E-state index contributed by atoms with van der Waals surface area (Å²) in [6.45, 7) is 3.85. The topological polar surface area (TPSA) is 130 Å². The van der Waals surface area contributed by atoms with Gasteiger partial charge < -0.3 is 20.3 Å². The van der Waals surface area contributed by atoms with Crippen LogP contribution in [0.2, 0.25) is 0 Å². The van der Waals surface area contributed by atoms with Crippen LogP contribution in [0.25, 0.3) is 0 Å². The third kappa shape index (κ3) is 4.51. The van der Waals surface area contributed by atoms with Gasteiger partial charge >= 0.3 is 5.00 Å². The number of epoxide rings is 1. The zero-order chi connectivity index (χ0) is 21.1. The Balaban J connectivity index is 1.85. The van der Waals surface area contributed by atoms with Crippen molar-refractivity contribution in [1.82, 2.24) is 10.3 Å². The van der Waals surface area contributed by atoms with Crippen LogP contribution in [0, 0.1) is 10.1 Å². The molecule has 1 aromatic heterocycles. The number of likely N-dealkylation sites (N-methyl/N-ethyl adjacent to an activating group) is 1. The Labute approximate surface area is 171 Å². The van der Waals surface area contributed by atoms with E-state index < -0.39 is 17.3 Å². The van der Waals surface area contributed by atoms with E-state index in [0.717, 1.165) is 17.8 Å². The zero-order valence-corrected chi connectivity index (χ0v) is 17.0. The van der Waals surface area contributed by atoms with Gasteiger partial charge in [-0.05, 0) is 23.8 Å². The molecule has 154 valence electrons. The Morgan fingerprint density at radius 3 is 2.79 bits per heavy atom. The number of hydrogen-bond donors (Lipinski definition) is 2. The molecular weight excluding hydrogens is 398 g/mol. The number of ether oxygens (including phenoxy) is 1. The van der Waals surface area contributed by atoms with Crippen LogP contribution in [-0.2, 0) is 9.53 Å². The van der Waals surface area contributed by atoms with Crippen molar-refractivity contribution in [3.05, 3.63) is 45.6 Å². The minimum Gasteiger partial charge on any atom is -0.352 e. The van der Waals surface area contributed by atoms with E-state index in [9.17, 15) is 19.7 Å². The summed E-state index contributed by atoms with van der Waals surface area (Å²) in [5.41, 5.74) is 1.42. The van der Waals surface area contributed by atoms with Gasteiger partial charge in [-0.2, -0.15) is 0 Å². The number of amides is 2. The molecule has 10 nitrogen and oxygen atoms in total. The number of nitrogens with zero attached hydrogens (tertiary/aromatic N) is 3. The predicted octanol–water partition coefficient (Wildman–Crippen LogP) is 2.68. The van der Waals surface area contributed by atoms with Gasteiger partial charge in [0.15, 0.2) is 11.4 Å². The number of rotatable bonds is 8. The van der Waals surface area contributed by atoms with Crippen LogP contribution in [0.4, 0.5) is 15.8 Å². The average molecular weight is 419 g/mol. The minimum atomic E-state index is -0.493. The highest BCUT2D eigenvalue weighted by molar-refractivity contribution is 7.18. The normalized spacial score (nSPS) is 17.5. The maximum atomic E-state index is 12.5. The van der Waals surface area contributed by atoms with Gasteiger partial charge in [-0.3, -0.25) is 19.7 Å². The summed E-state index contributed by atoms with van der Waals surface area (Å²) in [6, 6.07) is 5.16. The second-order valence-corrected chi connectivity index (χ2v) is 7.49. The number of thiazole rings is 1. The third-order valence-corrected chi connectivity index (χ3v) is 5.34. The largest absolute Gasteiger partial charge is 0.352 e. The van der Waals surface area contributed by atoms with E-state index in [1.165, 1.54) is 13.1 Å². The van der Waals surface area contributed by atoms with E-state index in [1.807, 2.05) is 6.92 Å². The molecule has 29 heavy (non-hydrogen) atoms. The summed E-state index contributed by atoms with van der Waals surface area (Å²) in [7, 11) is 1.73. The van der Waals surface area contributed by atoms with Crippen molar-refractivity contribution in [2.24, 2.45) is 0 Å². The van der Waals surface area contributed by atoms with Crippen molar-refractivity contribution in [1.29, 1.82) is 0 Å². The minimum absolute atomic E-state index is 0.0578. The molecule has 0 spiro atoms. The van der Waals surface area contributed by atoms with Crippen molar-refractivity contribution in [2.45, 2.75) is 32.6 Å². The number of carbonyl (C=O) groups excluding carboxylic acids is 2. The molecule has 1 aromatic carbocycles. The van der Waals surface area contributed by atoms with Crippen molar-refractivity contribution >= 4 is 39.0 Å². The molecule has 1 aliphatic rings. The highest BCUT2D eigenvalue weighted by atomic mass is 32.1. The molecule has 2 unspecified atom stereocenters. The standard InChI is InChI=1S/C18H21N5O5S/c1-4-8-19-16(25)12-7-5-6-11(14(12)21-10(2)24)15-17(28-15)22(3)18-20-9-13(29-18)23(26)27/h5-7,9,15,17H,4,8H2,1-3H3,(H,19,25)(H,21,24). The van der Waals surface area contributed by atoms with Crippen LogP contribution < -0.4 is 15.5 Å². The lowest BCUT2D eigenvalue weighted by Gasteiger charge is -2.15. The molecule has 0 saturated carbocycles. The molecule has 1 saturated heterocycles. The van der Waals surface area contributed by atoms with Crippen molar-refractivity contribution in [3.8, 4) is 0 Å². The maximum Gasteiger partial charge on any atom is 0.345 e. The van der Waals surface area contributed by atoms with Crippen LogP contribution in [-0.4, -0.2) is 41.5 Å². The second-order valence-electron chi connectivity index (χ2n) is 6.50. The lowest BCUT2D eigenvalue weighted by Crippen LogP contribution is -2.26. The van der Waals surface area contributed by atoms with E-state index in [-0.39, 0.29) is 16.8 Å². The fourth-order valence-corrected chi connectivity index (χ4v) is 3.61. The van der Waals surface area contributed by atoms with Crippen LogP contribution in [0.15, 0.2) is 24.4 Å². The molecule has 0 aliphatic carbocycles. The average Bonchev–Trinajstić information content (AvgIpc) is 3.31. The van der Waals surface area contributed by atoms with Crippen LogP contribution >= 0.6 is 11.3 Å². The van der Waals surface area contributed by atoms with Crippen molar-refractivity contribution in [3.63, 3.8) is 0 Å². The monoisotopic (exact) mass is 419 g/mol. The first-order valence-electron chi connectivity index (χ1n) is 9.00. The third-order valence-electron chi connectivity index (χ3n) is 4.30.